The van der Waals surface area contributed by atoms with E-state index >= 15 is 0 Å². The largest absolute Gasteiger partial charge is 0.481 e. The van der Waals surface area contributed by atoms with Gasteiger partial charge in [0.2, 0.25) is 0 Å². The van der Waals surface area contributed by atoms with Crippen LogP contribution in [0, 0.1) is 11.7 Å². The van der Waals surface area contributed by atoms with Crippen molar-refractivity contribution in [1.29, 1.82) is 0 Å². The highest BCUT2D eigenvalue weighted by Crippen LogP contribution is 2.21. The number of hydrogen-bond donors (Lipinski definition) is 1. The van der Waals surface area contributed by atoms with Crippen molar-refractivity contribution < 1.29 is 13.9 Å². The second kappa shape index (κ2) is 6.89. The van der Waals surface area contributed by atoms with Gasteiger partial charge in [-0.15, -0.1) is 0 Å². The van der Waals surface area contributed by atoms with E-state index in [1.54, 1.807) is 19.1 Å². The van der Waals surface area contributed by atoms with Gasteiger partial charge in [0, 0.05) is 25.2 Å². The summed E-state index contributed by atoms with van der Waals surface area (Å²) < 4.78 is 18.7. The van der Waals surface area contributed by atoms with Gasteiger partial charge in [-0.25, -0.2) is 4.39 Å². The maximum atomic E-state index is 13.1. The highest BCUT2D eigenvalue weighted by molar-refractivity contribution is 5.81. The summed E-state index contributed by atoms with van der Waals surface area (Å²) in [5.41, 5.74) is 5.93. The van der Waals surface area contributed by atoms with Gasteiger partial charge in [-0.05, 0) is 44.7 Å². The Balaban J connectivity index is 1.95. The smallest absolute Gasteiger partial charge is 0.263 e. The van der Waals surface area contributed by atoms with Gasteiger partial charge in [0.1, 0.15) is 11.6 Å². The maximum absolute atomic E-state index is 13.1. The van der Waals surface area contributed by atoms with Crippen LogP contribution >= 0.6 is 0 Å². The third kappa shape index (κ3) is 4.17. The van der Waals surface area contributed by atoms with Gasteiger partial charge in [-0.3, -0.25) is 4.79 Å². The van der Waals surface area contributed by atoms with Crippen molar-refractivity contribution in [3.05, 3.63) is 30.1 Å². The summed E-state index contributed by atoms with van der Waals surface area (Å²) in [5, 5.41) is 0. The van der Waals surface area contributed by atoms with Crippen LogP contribution in [0.25, 0.3) is 0 Å². The Morgan fingerprint density at radius 1 is 1.48 bits per heavy atom. The van der Waals surface area contributed by atoms with Crippen molar-refractivity contribution in [3.8, 4) is 5.75 Å². The summed E-state index contributed by atoms with van der Waals surface area (Å²) in [6.45, 7) is 5.08. The van der Waals surface area contributed by atoms with Crippen LogP contribution in [0.5, 0.6) is 5.75 Å². The minimum absolute atomic E-state index is 0.0652. The molecule has 5 heteroatoms. The number of halogens is 1. The Morgan fingerprint density at radius 3 is 2.90 bits per heavy atom. The Kier molecular flexibility index (Phi) is 5.17. The van der Waals surface area contributed by atoms with Gasteiger partial charge in [-0.1, -0.05) is 6.07 Å². The number of carbonyl (C=O) groups is 1. The van der Waals surface area contributed by atoms with Crippen molar-refractivity contribution in [2.45, 2.75) is 38.8 Å². The fourth-order valence-electron chi connectivity index (χ4n) is 2.69. The van der Waals surface area contributed by atoms with E-state index in [9.17, 15) is 9.18 Å². The number of likely N-dealkylation sites (tertiary alicyclic amines) is 1. The lowest BCUT2D eigenvalue weighted by atomic mass is 9.92. The summed E-state index contributed by atoms with van der Waals surface area (Å²) in [6.07, 6.45) is 1.39. The van der Waals surface area contributed by atoms with Crippen LogP contribution < -0.4 is 10.5 Å². The zero-order valence-corrected chi connectivity index (χ0v) is 12.6. The average Bonchev–Trinajstić information content (AvgIpc) is 2.46. The molecule has 1 fully saturated rings. The molecule has 2 N–H and O–H groups in total. The minimum atomic E-state index is -0.626. The average molecular weight is 294 g/mol. The highest BCUT2D eigenvalue weighted by Gasteiger charge is 2.29. The molecule has 0 saturated carbocycles. The van der Waals surface area contributed by atoms with Crippen molar-refractivity contribution in [1.82, 2.24) is 4.90 Å². The molecule has 0 spiro atoms. The Bertz CT molecular complexity index is 493. The van der Waals surface area contributed by atoms with Crippen LogP contribution in [-0.2, 0) is 4.79 Å². The van der Waals surface area contributed by atoms with E-state index in [1.807, 2.05) is 11.8 Å². The zero-order chi connectivity index (χ0) is 15.4. The van der Waals surface area contributed by atoms with E-state index < -0.39 is 6.10 Å². The van der Waals surface area contributed by atoms with Crippen LogP contribution in [0.15, 0.2) is 24.3 Å². The highest BCUT2D eigenvalue weighted by atomic mass is 19.1. The van der Waals surface area contributed by atoms with Gasteiger partial charge in [-0.2, -0.15) is 0 Å². The lowest BCUT2D eigenvalue weighted by Gasteiger charge is -2.35. The Labute approximate surface area is 125 Å². The number of ether oxygens (including phenoxy) is 1. The normalized spacial score (nSPS) is 21.7. The van der Waals surface area contributed by atoms with Crippen LogP contribution in [0.1, 0.15) is 26.7 Å². The van der Waals surface area contributed by atoms with Gasteiger partial charge in [0.05, 0.1) is 0 Å². The number of benzene rings is 1. The second-order valence-corrected chi connectivity index (χ2v) is 5.76. The zero-order valence-electron chi connectivity index (χ0n) is 12.6. The molecule has 1 aromatic carbocycles. The minimum Gasteiger partial charge on any atom is -0.481 e. The van der Waals surface area contributed by atoms with Crippen molar-refractivity contribution in [2.75, 3.05) is 13.1 Å². The molecule has 0 aliphatic carbocycles. The molecule has 1 aromatic rings. The fraction of sp³-hybridized carbons (Fsp3) is 0.562. The molecular formula is C16H23FN2O2. The summed E-state index contributed by atoms with van der Waals surface area (Å²) in [5.74, 6) is 0.271. The first-order chi connectivity index (χ1) is 9.97. The number of hydrogen-bond acceptors (Lipinski definition) is 3. The van der Waals surface area contributed by atoms with E-state index in [1.165, 1.54) is 12.1 Å². The lowest BCUT2D eigenvalue weighted by Crippen LogP contribution is -2.48. The molecular weight excluding hydrogens is 271 g/mol. The van der Waals surface area contributed by atoms with E-state index in [2.05, 4.69) is 0 Å². The number of piperidine rings is 1. The first kappa shape index (κ1) is 15.8. The summed E-state index contributed by atoms with van der Waals surface area (Å²) in [4.78, 5) is 14.2. The van der Waals surface area contributed by atoms with Gasteiger partial charge in [0.15, 0.2) is 6.10 Å². The van der Waals surface area contributed by atoms with Gasteiger partial charge >= 0.3 is 0 Å². The van der Waals surface area contributed by atoms with E-state index in [-0.39, 0.29) is 17.8 Å². The number of nitrogens with two attached hydrogens (primary N) is 1. The van der Waals surface area contributed by atoms with E-state index in [0.29, 0.717) is 18.2 Å². The van der Waals surface area contributed by atoms with Gasteiger partial charge in [0.25, 0.3) is 5.91 Å². The van der Waals surface area contributed by atoms with E-state index in [0.717, 1.165) is 19.4 Å². The Morgan fingerprint density at radius 2 is 2.24 bits per heavy atom. The molecule has 2 rings (SSSR count). The third-order valence-electron chi connectivity index (χ3n) is 3.97. The van der Waals surface area contributed by atoms with Crippen LogP contribution in [0.3, 0.4) is 0 Å². The number of nitrogens with zero attached hydrogens (tertiary/aromatic N) is 1. The topological polar surface area (TPSA) is 55.6 Å². The monoisotopic (exact) mass is 294 g/mol. The van der Waals surface area contributed by atoms with Crippen LogP contribution in [0.2, 0.25) is 0 Å². The number of carbonyl (C=O) groups excluding carboxylic acids is 1. The third-order valence-corrected chi connectivity index (χ3v) is 3.97. The van der Waals surface area contributed by atoms with E-state index in [4.69, 9.17) is 10.5 Å². The molecule has 1 saturated heterocycles. The fourth-order valence-corrected chi connectivity index (χ4v) is 2.69. The maximum Gasteiger partial charge on any atom is 0.263 e. The molecule has 0 aromatic heterocycles. The molecule has 1 amide bonds. The molecule has 4 nitrogen and oxygen atoms in total. The standard InChI is InChI=1S/C16H23FN2O2/c1-11(18)13-5-4-8-19(10-13)16(20)12(2)21-15-7-3-6-14(17)9-15/h3,6-7,9,11-13H,4-5,8,10,18H2,1-2H3/t11-,12+,13+/m1/s1. The molecule has 0 bridgehead atoms. The molecule has 1 heterocycles. The first-order valence-corrected chi connectivity index (χ1v) is 7.44. The number of amides is 1. The summed E-state index contributed by atoms with van der Waals surface area (Å²) in [6, 6.07) is 5.92. The molecule has 1 aliphatic heterocycles. The molecule has 21 heavy (non-hydrogen) atoms. The SMILES string of the molecule is C[C@H](Oc1cccc(F)c1)C(=O)N1CCC[C@H]([C@@H](C)N)C1. The molecule has 116 valence electrons. The predicted octanol–water partition coefficient (Wildman–Crippen LogP) is 2.18. The van der Waals surface area contributed by atoms with Gasteiger partial charge < -0.3 is 15.4 Å². The first-order valence-electron chi connectivity index (χ1n) is 7.44. The predicted molar refractivity (Wildman–Crippen MR) is 79.4 cm³/mol. The summed E-state index contributed by atoms with van der Waals surface area (Å²) in [7, 11) is 0. The van der Waals surface area contributed by atoms with Crippen LogP contribution in [0.4, 0.5) is 4.39 Å². The lowest BCUT2D eigenvalue weighted by molar-refractivity contribution is -0.139. The van der Waals surface area contributed by atoms with Crippen molar-refractivity contribution in [2.24, 2.45) is 11.7 Å². The molecule has 0 unspecified atom stereocenters. The molecule has 0 radical (unpaired) electrons. The van der Waals surface area contributed by atoms with Crippen molar-refractivity contribution >= 4 is 5.91 Å². The quantitative estimate of drug-likeness (QED) is 0.926. The van der Waals surface area contributed by atoms with Crippen molar-refractivity contribution in [3.63, 3.8) is 0 Å². The molecule has 1 aliphatic rings. The molecule has 3 atom stereocenters. The summed E-state index contributed by atoms with van der Waals surface area (Å²) >= 11 is 0. The number of rotatable bonds is 4. The van der Waals surface area contributed by atoms with Crippen LogP contribution in [-0.4, -0.2) is 36.0 Å². The Hall–Kier alpha value is -1.62. The second-order valence-electron chi connectivity index (χ2n) is 5.76.